The number of amides is 1. The lowest BCUT2D eigenvalue weighted by Crippen LogP contribution is -2.42. The molecule has 4 nitrogen and oxygen atoms in total. The van der Waals surface area contributed by atoms with E-state index in [-0.39, 0.29) is 23.5 Å². The van der Waals surface area contributed by atoms with Crippen LogP contribution in [0, 0.1) is 0 Å². The number of likely N-dealkylation sites (tertiary alicyclic amines) is 1. The van der Waals surface area contributed by atoms with E-state index in [1.165, 1.54) is 0 Å². The topological polar surface area (TPSA) is 60.8 Å². The van der Waals surface area contributed by atoms with Crippen molar-refractivity contribution in [3.63, 3.8) is 0 Å². The highest BCUT2D eigenvalue weighted by Crippen LogP contribution is 2.34. The Morgan fingerprint density at radius 3 is 2.45 bits per heavy atom. The fourth-order valence-electron chi connectivity index (χ4n) is 2.93. The Morgan fingerprint density at radius 2 is 1.91 bits per heavy atom. The van der Waals surface area contributed by atoms with Crippen molar-refractivity contribution in [1.29, 1.82) is 0 Å². The first-order valence-corrected chi connectivity index (χ1v) is 8.15. The zero-order valence-electron chi connectivity index (χ0n) is 14.0. The normalized spacial score (nSPS) is 19.0. The van der Waals surface area contributed by atoms with Crippen molar-refractivity contribution >= 4 is 5.91 Å². The molecule has 0 aromatic heterocycles. The molecule has 1 aliphatic rings. The molecule has 122 valence electrons. The standard InChI is InChI=1S/C18H27NO3/c1-11(2)13-8-15(12(3)4)17(21)16(9-13)18(22)19-7-5-6-14(20)10-19/h8-9,11-12,14,20-21H,5-7,10H2,1-4H3. The van der Waals surface area contributed by atoms with E-state index in [1.54, 1.807) is 11.0 Å². The van der Waals surface area contributed by atoms with Gasteiger partial charge in [-0.05, 0) is 41.9 Å². The van der Waals surface area contributed by atoms with Gasteiger partial charge < -0.3 is 15.1 Å². The molecular formula is C18H27NO3. The van der Waals surface area contributed by atoms with Crippen molar-refractivity contribution in [2.45, 2.75) is 58.5 Å². The molecule has 1 aromatic carbocycles. The van der Waals surface area contributed by atoms with E-state index in [0.29, 0.717) is 18.7 Å². The van der Waals surface area contributed by atoms with E-state index in [4.69, 9.17) is 0 Å². The number of rotatable bonds is 3. The lowest BCUT2D eigenvalue weighted by molar-refractivity contribution is 0.0471. The van der Waals surface area contributed by atoms with Crippen LogP contribution in [-0.2, 0) is 0 Å². The molecule has 1 heterocycles. The number of nitrogens with zero attached hydrogens (tertiary/aromatic N) is 1. The van der Waals surface area contributed by atoms with Crippen LogP contribution in [0.1, 0.15) is 73.9 Å². The van der Waals surface area contributed by atoms with Crippen molar-refractivity contribution < 1.29 is 15.0 Å². The molecule has 0 spiro atoms. The monoisotopic (exact) mass is 305 g/mol. The van der Waals surface area contributed by atoms with Crippen LogP contribution in [0.2, 0.25) is 0 Å². The van der Waals surface area contributed by atoms with E-state index >= 15 is 0 Å². The highest BCUT2D eigenvalue weighted by molar-refractivity contribution is 5.97. The number of piperidine rings is 1. The highest BCUT2D eigenvalue weighted by Gasteiger charge is 2.27. The minimum atomic E-state index is -0.460. The molecule has 1 atom stereocenters. The number of phenolic OH excluding ortho intramolecular Hbond substituents is 1. The predicted molar refractivity (Wildman–Crippen MR) is 87.4 cm³/mol. The molecule has 1 unspecified atom stereocenters. The first kappa shape index (κ1) is 16.8. The maximum absolute atomic E-state index is 12.8. The minimum absolute atomic E-state index is 0.0875. The van der Waals surface area contributed by atoms with Gasteiger partial charge in [-0.2, -0.15) is 0 Å². The molecule has 4 heteroatoms. The van der Waals surface area contributed by atoms with Gasteiger partial charge in [-0.15, -0.1) is 0 Å². The Bertz CT molecular complexity index is 552. The van der Waals surface area contributed by atoms with Crippen molar-refractivity contribution in [1.82, 2.24) is 4.90 Å². The smallest absolute Gasteiger partial charge is 0.257 e. The quantitative estimate of drug-likeness (QED) is 0.901. The second-order valence-corrected chi connectivity index (χ2v) is 6.86. The summed E-state index contributed by atoms with van der Waals surface area (Å²) in [6, 6.07) is 3.79. The van der Waals surface area contributed by atoms with Gasteiger partial charge in [-0.25, -0.2) is 0 Å². The molecule has 2 N–H and O–H groups in total. The molecule has 1 saturated heterocycles. The maximum Gasteiger partial charge on any atom is 0.257 e. The number of benzene rings is 1. The van der Waals surface area contributed by atoms with Gasteiger partial charge in [0.2, 0.25) is 0 Å². The third-order valence-corrected chi connectivity index (χ3v) is 4.36. The van der Waals surface area contributed by atoms with Crippen LogP contribution in [0.5, 0.6) is 5.75 Å². The molecule has 1 aliphatic heterocycles. The van der Waals surface area contributed by atoms with Crippen molar-refractivity contribution in [2.24, 2.45) is 0 Å². The fourth-order valence-corrected chi connectivity index (χ4v) is 2.93. The van der Waals surface area contributed by atoms with Gasteiger partial charge in [0.15, 0.2) is 0 Å². The molecule has 0 aliphatic carbocycles. The van der Waals surface area contributed by atoms with Crippen LogP contribution in [0.15, 0.2) is 12.1 Å². The summed E-state index contributed by atoms with van der Waals surface area (Å²) < 4.78 is 0. The van der Waals surface area contributed by atoms with Gasteiger partial charge in [0.25, 0.3) is 5.91 Å². The molecular weight excluding hydrogens is 278 g/mol. The Hall–Kier alpha value is -1.55. The van der Waals surface area contributed by atoms with E-state index < -0.39 is 6.10 Å². The highest BCUT2D eigenvalue weighted by atomic mass is 16.3. The summed E-state index contributed by atoms with van der Waals surface area (Å²) in [6.07, 6.45) is 1.07. The second-order valence-electron chi connectivity index (χ2n) is 6.86. The van der Waals surface area contributed by atoms with Gasteiger partial charge in [-0.3, -0.25) is 4.79 Å². The van der Waals surface area contributed by atoms with Gasteiger partial charge in [0.1, 0.15) is 5.75 Å². The first-order valence-electron chi connectivity index (χ1n) is 8.15. The number of aliphatic hydroxyl groups excluding tert-OH is 1. The van der Waals surface area contributed by atoms with Crippen LogP contribution >= 0.6 is 0 Å². The van der Waals surface area contributed by atoms with Crippen molar-refractivity contribution in [3.05, 3.63) is 28.8 Å². The molecule has 0 bridgehead atoms. The minimum Gasteiger partial charge on any atom is -0.507 e. The average Bonchev–Trinajstić information content (AvgIpc) is 2.46. The third kappa shape index (κ3) is 3.43. The molecule has 0 radical (unpaired) electrons. The van der Waals surface area contributed by atoms with Gasteiger partial charge in [-0.1, -0.05) is 33.8 Å². The summed E-state index contributed by atoms with van der Waals surface area (Å²) in [5, 5.41) is 20.3. The maximum atomic E-state index is 12.8. The van der Waals surface area contributed by atoms with Gasteiger partial charge in [0.05, 0.1) is 11.7 Å². The molecule has 1 aromatic rings. The van der Waals surface area contributed by atoms with Gasteiger partial charge in [0, 0.05) is 13.1 Å². The number of hydrogen-bond donors (Lipinski definition) is 2. The van der Waals surface area contributed by atoms with E-state index in [2.05, 4.69) is 13.8 Å². The summed E-state index contributed by atoms with van der Waals surface area (Å²) in [7, 11) is 0. The number of phenols is 1. The largest absolute Gasteiger partial charge is 0.507 e. The number of carbonyl (C=O) groups excluding carboxylic acids is 1. The third-order valence-electron chi connectivity index (χ3n) is 4.36. The number of aromatic hydroxyl groups is 1. The summed E-state index contributed by atoms with van der Waals surface area (Å²) in [4.78, 5) is 14.4. The summed E-state index contributed by atoms with van der Waals surface area (Å²) in [5.41, 5.74) is 2.23. The van der Waals surface area contributed by atoms with Crippen LogP contribution in [0.4, 0.5) is 0 Å². The van der Waals surface area contributed by atoms with Crippen LogP contribution in [-0.4, -0.2) is 40.2 Å². The molecule has 22 heavy (non-hydrogen) atoms. The zero-order valence-corrected chi connectivity index (χ0v) is 14.0. The summed E-state index contributed by atoms with van der Waals surface area (Å²) in [6.45, 7) is 9.17. The fraction of sp³-hybridized carbons (Fsp3) is 0.611. The van der Waals surface area contributed by atoms with Gasteiger partial charge >= 0.3 is 0 Å². The summed E-state index contributed by atoms with van der Waals surface area (Å²) >= 11 is 0. The number of hydrogen-bond acceptors (Lipinski definition) is 3. The first-order chi connectivity index (χ1) is 10.3. The van der Waals surface area contributed by atoms with Crippen LogP contribution in [0.3, 0.4) is 0 Å². The Balaban J connectivity index is 2.42. The molecule has 1 amide bonds. The molecule has 2 rings (SSSR count). The van der Waals surface area contributed by atoms with Crippen molar-refractivity contribution in [3.8, 4) is 5.75 Å². The molecule has 0 saturated carbocycles. The number of carbonyl (C=O) groups is 1. The predicted octanol–water partition coefficient (Wildman–Crippen LogP) is 3.24. The van der Waals surface area contributed by atoms with E-state index in [1.807, 2.05) is 19.9 Å². The van der Waals surface area contributed by atoms with E-state index in [0.717, 1.165) is 24.0 Å². The van der Waals surface area contributed by atoms with E-state index in [9.17, 15) is 15.0 Å². The second kappa shape index (κ2) is 6.69. The summed E-state index contributed by atoms with van der Waals surface area (Å²) in [5.74, 6) is 0.346. The SMILES string of the molecule is CC(C)c1cc(C(=O)N2CCCC(O)C2)c(O)c(C(C)C)c1. The van der Waals surface area contributed by atoms with Crippen LogP contribution < -0.4 is 0 Å². The molecule has 1 fully saturated rings. The zero-order chi connectivity index (χ0) is 16.4. The lowest BCUT2D eigenvalue weighted by atomic mass is 9.91. The lowest BCUT2D eigenvalue weighted by Gasteiger charge is -2.31. The average molecular weight is 305 g/mol. The van der Waals surface area contributed by atoms with Crippen LogP contribution in [0.25, 0.3) is 0 Å². The Morgan fingerprint density at radius 1 is 1.23 bits per heavy atom. The van der Waals surface area contributed by atoms with Crippen molar-refractivity contribution in [2.75, 3.05) is 13.1 Å². The number of β-amino-alcohol motifs (C(OH)–C–C–N with tert-alkyl or cyclic N) is 1. The Labute approximate surface area is 132 Å². The number of aliphatic hydroxyl groups is 1. The Kier molecular flexibility index (Phi) is 5.12.